The highest BCUT2D eigenvalue weighted by molar-refractivity contribution is 7.86. The van der Waals surface area contributed by atoms with Crippen LogP contribution in [0.15, 0.2) is 0 Å². The normalized spacial score (nSPS) is 13.2. The van der Waals surface area contributed by atoms with Gasteiger partial charge in [0.2, 0.25) is 0 Å². The summed E-state index contributed by atoms with van der Waals surface area (Å²) in [4.78, 5) is 0. The maximum absolute atomic E-state index is 11.0. The molecule has 0 aromatic heterocycles. The van der Waals surface area contributed by atoms with E-state index in [0.29, 0.717) is 24.7 Å². The summed E-state index contributed by atoms with van der Waals surface area (Å²) in [6.45, 7) is 7.83. The maximum Gasteiger partial charge on any atom is 0.267 e. The minimum Gasteiger partial charge on any atom is -0.285 e. The van der Waals surface area contributed by atoms with Crippen LogP contribution in [0.1, 0.15) is 40.5 Å². The lowest BCUT2D eigenvalue weighted by Gasteiger charge is -2.17. The SMILES string of the molecule is CC(C)CC(CC(C)C)S(=O)(=O)O. The molecule has 3 nitrogen and oxygen atoms in total. The first kappa shape index (κ1) is 12.9. The molecule has 0 fully saturated rings. The van der Waals surface area contributed by atoms with Crippen molar-refractivity contribution < 1.29 is 13.0 Å². The molecule has 0 aromatic rings. The van der Waals surface area contributed by atoms with Gasteiger partial charge in [-0.3, -0.25) is 4.55 Å². The monoisotopic (exact) mass is 208 g/mol. The van der Waals surface area contributed by atoms with Crippen LogP contribution in [0, 0.1) is 11.8 Å². The molecule has 0 aliphatic carbocycles. The summed E-state index contributed by atoms with van der Waals surface area (Å²) in [5.41, 5.74) is 0. The molecule has 80 valence electrons. The third kappa shape index (κ3) is 6.05. The van der Waals surface area contributed by atoms with Crippen molar-refractivity contribution in [2.45, 2.75) is 45.8 Å². The second kappa shape index (κ2) is 4.96. The Labute approximate surface area is 81.3 Å². The molecule has 0 bridgehead atoms. The standard InChI is InChI=1S/C9H20O3S/c1-7(2)5-9(6-8(3)4)13(10,11)12/h7-9H,5-6H2,1-4H3,(H,10,11,12). The molecule has 0 spiro atoms. The van der Waals surface area contributed by atoms with E-state index in [0.717, 1.165) is 0 Å². The van der Waals surface area contributed by atoms with Crippen LogP contribution >= 0.6 is 0 Å². The molecule has 0 unspecified atom stereocenters. The summed E-state index contributed by atoms with van der Waals surface area (Å²) in [5, 5.41) is -0.590. The lowest BCUT2D eigenvalue weighted by Crippen LogP contribution is -2.24. The number of hydrogen-bond acceptors (Lipinski definition) is 2. The van der Waals surface area contributed by atoms with Gasteiger partial charge in [-0.25, -0.2) is 0 Å². The van der Waals surface area contributed by atoms with E-state index in [2.05, 4.69) is 0 Å². The summed E-state index contributed by atoms with van der Waals surface area (Å²) >= 11 is 0. The van der Waals surface area contributed by atoms with Crippen LogP contribution in [0.2, 0.25) is 0 Å². The topological polar surface area (TPSA) is 54.4 Å². The van der Waals surface area contributed by atoms with Crippen LogP contribution in [0.3, 0.4) is 0 Å². The lowest BCUT2D eigenvalue weighted by atomic mass is 10.0. The van der Waals surface area contributed by atoms with Crippen LogP contribution in [0.25, 0.3) is 0 Å². The van der Waals surface area contributed by atoms with Crippen LogP contribution < -0.4 is 0 Å². The van der Waals surface area contributed by atoms with E-state index in [1.54, 1.807) is 0 Å². The van der Waals surface area contributed by atoms with Gasteiger partial charge in [-0.15, -0.1) is 0 Å². The Morgan fingerprint density at radius 3 is 1.46 bits per heavy atom. The zero-order valence-corrected chi connectivity index (χ0v) is 9.63. The average Bonchev–Trinajstić information content (AvgIpc) is 1.81. The smallest absolute Gasteiger partial charge is 0.267 e. The van der Waals surface area contributed by atoms with Crippen molar-refractivity contribution in [1.82, 2.24) is 0 Å². The first-order valence-electron chi connectivity index (χ1n) is 4.69. The van der Waals surface area contributed by atoms with Gasteiger partial charge in [0.1, 0.15) is 0 Å². The van der Waals surface area contributed by atoms with Crippen molar-refractivity contribution in [3.63, 3.8) is 0 Å². The Balaban J connectivity index is 4.39. The molecule has 0 radical (unpaired) electrons. The van der Waals surface area contributed by atoms with Crippen molar-refractivity contribution in [3.05, 3.63) is 0 Å². The Hall–Kier alpha value is -0.0900. The van der Waals surface area contributed by atoms with Crippen LogP contribution in [0.4, 0.5) is 0 Å². The quantitative estimate of drug-likeness (QED) is 0.705. The molecule has 0 saturated heterocycles. The molecule has 0 saturated carbocycles. The Morgan fingerprint density at radius 1 is 1.00 bits per heavy atom. The minimum atomic E-state index is -3.86. The molecular formula is C9H20O3S. The fraction of sp³-hybridized carbons (Fsp3) is 1.00. The first-order chi connectivity index (χ1) is 5.73. The molecule has 4 heteroatoms. The summed E-state index contributed by atoms with van der Waals surface area (Å²) < 4.78 is 30.9. The van der Waals surface area contributed by atoms with E-state index >= 15 is 0 Å². The Bertz CT molecular complexity index is 219. The van der Waals surface area contributed by atoms with Crippen molar-refractivity contribution >= 4 is 10.1 Å². The molecular weight excluding hydrogens is 188 g/mol. The van der Waals surface area contributed by atoms with Gasteiger partial charge in [0.25, 0.3) is 10.1 Å². The van der Waals surface area contributed by atoms with Crippen molar-refractivity contribution in [2.75, 3.05) is 0 Å². The van der Waals surface area contributed by atoms with E-state index < -0.39 is 15.4 Å². The largest absolute Gasteiger partial charge is 0.285 e. The van der Waals surface area contributed by atoms with E-state index in [4.69, 9.17) is 4.55 Å². The number of hydrogen-bond donors (Lipinski definition) is 1. The van der Waals surface area contributed by atoms with Gasteiger partial charge in [-0.2, -0.15) is 8.42 Å². The van der Waals surface area contributed by atoms with Crippen molar-refractivity contribution in [2.24, 2.45) is 11.8 Å². The summed E-state index contributed by atoms with van der Waals surface area (Å²) in [7, 11) is -3.86. The van der Waals surface area contributed by atoms with Gasteiger partial charge in [-0.05, 0) is 24.7 Å². The van der Waals surface area contributed by atoms with Crippen molar-refractivity contribution in [1.29, 1.82) is 0 Å². The third-order valence-electron chi connectivity index (χ3n) is 1.89. The fourth-order valence-corrected chi connectivity index (χ4v) is 2.65. The molecule has 0 rings (SSSR count). The molecule has 0 amide bonds. The Kier molecular flexibility index (Phi) is 4.92. The van der Waals surface area contributed by atoms with Crippen LogP contribution in [-0.4, -0.2) is 18.2 Å². The Morgan fingerprint density at radius 2 is 1.31 bits per heavy atom. The predicted molar refractivity (Wildman–Crippen MR) is 54.2 cm³/mol. The average molecular weight is 208 g/mol. The van der Waals surface area contributed by atoms with Crippen molar-refractivity contribution in [3.8, 4) is 0 Å². The van der Waals surface area contributed by atoms with Gasteiger partial charge in [0, 0.05) is 0 Å². The zero-order chi connectivity index (χ0) is 10.6. The van der Waals surface area contributed by atoms with E-state index in [-0.39, 0.29) is 0 Å². The summed E-state index contributed by atoms with van der Waals surface area (Å²) in [6.07, 6.45) is 1.08. The van der Waals surface area contributed by atoms with Gasteiger partial charge < -0.3 is 0 Å². The fourth-order valence-electron chi connectivity index (χ4n) is 1.39. The summed E-state index contributed by atoms with van der Waals surface area (Å²) in [5.74, 6) is 0.594. The minimum absolute atomic E-state index is 0.297. The second-order valence-electron chi connectivity index (χ2n) is 4.40. The van der Waals surface area contributed by atoms with Gasteiger partial charge in [0.05, 0.1) is 5.25 Å². The maximum atomic E-state index is 11.0. The van der Waals surface area contributed by atoms with E-state index in [1.165, 1.54) is 0 Å². The lowest BCUT2D eigenvalue weighted by molar-refractivity contribution is 0.416. The summed E-state index contributed by atoms with van der Waals surface area (Å²) in [6, 6.07) is 0. The van der Waals surface area contributed by atoms with Gasteiger partial charge in [-0.1, -0.05) is 27.7 Å². The van der Waals surface area contributed by atoms with E-state index in [1.807, 2.05) is 27.7 Å². The predicted octanol–water partition coefficient (Wildman–Crippen LogP) is 2.33. The molecule has 0 aliphatic heterocycles. The molecule has 0 heterocycles. The molecule has 13 heavy (non-hydrogen) atoms. The zero-order valence-electron chi connectivity index (χ0n) is 8.82. The van der Waals surface area contributed by atoms with Crippen LogP contribution in [-0.2, 0) is 10.1 Å². The second-order valence-corrected chi connectivity index (χ2v) is 6.09. The number of rotatable bonds is 5. The third-order valence-corrected chi connectivity index (χ3v) is 3.12. The highest BCUT2D eigenvalue weighted by atomic mass is 32.2. The molecule has 0 aliphatic rings. The highest BCUT2D eigenvalue weighted by Gasteiger charge is 2.24. The van der Waals surface area contributed by atoms with E-state index in [9.17, 15) is 8.42 Å². The van der Waals surface area contributed by atoms with Gasteiger partial charge >= 0.3 is 0 Å². The first-order valence-corrected chi connectivity index (χ1v) is 6.20. The molecule has 0 atom stereocenters. The van der Waals surface area contributed by atoms with Gasteiger partial charge in [0.15, 0.2) is 0 Å². The highest BCUT2D eigenvalue weighted by Crippen LogP contribution is 2.19. The molecule has 1 N–H and O–H groups in total. The van der Waals surface area contributed by atoms with Crippen LogP contribution in [0.5, 0.6) is 0 Å². The molecule has 0 aromatic carbocycles.